The van der Waals surface area contributed by atoms with Crippen molar-refractivity contribution in [2.75, 3.05) is 50.8 Å². The molecule has 3 rings (SSSR count). The molecule has 0 aliphatic carbocycles. The summed E-state index contributed by atoms with van der Waals surface area (Å²) in [5.74, 6) is 0.766. The number of nitrogens with one attached hydrogen (secondary N) is 1. The van der Waals surface area contributed by atoms with Gasteiger partial charge in [0.2, 0.25) is 10.0 Å². The van der Waals surface area contributed by atoms with Crippen molar-refractivity contribution < 1.29 is 13.2 Å². The van der Waals surface area contributed by atoms with Gasteiger partial charge in [0.05, 0.1) is 11.5 Å². The van der Waals surface area contributed by atoms with Crippen LogP contribution in [0.4, 0.5) is 5.69 Å². The second-order valence-electron chi connectivity index (χ2n) is 7.38. The van der Waals surface area contributed by atoms with Crippen molar-refractivity contribution in [2.24, 2.45) is 0 Å². The van der Waals surface area contributed by atoms with Crippen molar-refractivity contribution >= 4 is 15.7 Å². The maximum atomic E-state index is 12.7. The Morgan fingerprint density at radius 1 is 1.00 bits per heavy atom. The second-order valence-corrected chi connectivity index (χ2v) is 9.15. The first-order valence-corrected chi connectivity index (χ1v) is 11.6. The second kappa shape index (κ2) is 9.61. The van der Waals surface area contributed by atoms with Gasteiger partial charge in [0, 0.05) is 45.0 Å². The van der Waals surface area contributed by atoms with Crippen molar-refractivity contribution in [3.63, 3.8) is 0 Å². The molecule has 1 aliphatic rings. The molecule has 1 fully saturated rings. The zero-order chi connectivity index (χ0) is 20.9. The largest absolute Gasteiger partial charge is 0.493 e. The molecule has 1 N–H and O–H groups in total. The van der Waals surface area contributed by atoms with Crippen LogP contribution < -0.4 is 14.4 Å². The van der Waals surface area contributed by atoms with E-state index in [1.54, 1.807) is 12.1 Å². The van der Waals surface area contributed by atoms with Crippen LogP contribution in [0.2, 0.25) is 0 Å². The van der Waals surface area contributed by atoms with Gasteiger partial charge in [0.1, 0.15) is 5.75 Å². The molecule has 0 saturated carbocycles. The van der Waals surface area contributed by atoms with Gasteiger partial charge in [-0.05, 0) is 56.2 Å². The Kier molecular flexibility index (Phi) is 7.16. The van der Waals surface area contributed by atoms with Gasteiger partial charge in [-0.15, -0.1) is 0 Å². The number of piperazine rings is 1. The Labute approximate surface area is 174 Å². The summed E-state index contributed by atoms with van der Waals surface area (Å²) < 4.78 is 33.8. The van der Waals surface area contributed by atoms with Crippen LogP contribution in [0.1, 0.15) is 18.1 Å². The first-order valence-electron chi connectivity index (χ1n) is 10.2. The summed E-state index contributed by atoms with van der Waals surface area (Å²) in [7, 11) is -3.53. The number of rotatable bonds is 8. The average molecular weight is 418 g/mol. The Hall–Kier alpha value is -2.09. The number of hydrogen-bond acceptors (Lipinski definition) is 5. The highest BCUT2D eigenvalue weighted by Crippen LogP contribution is 2.26. The lowest BCUT2D eigenvalue weighted by Gasteiger charge is -2.36. The number of para-hydroxylation sites is 1. The molecule has 1 aliphatic heterocycles. The first kappa shape index (κ1) is 21.6. The molecule has 1 saturated heterocycles. The van der Waals surface area contributed by atoms with Crippen LogP contribution in [-0.4, -0.2) is 59.2 Å². The molecule has 0 spiro atoms. The van der Waals surface area contributed by atoms with E-state index >= 15 is 0 Å². The molecule has 0 atom stereocenters. The zero-order valence-electron chi connectivity index (χ0n) is 17.5. The van der Waals surface area contributed by atoms with Gasteiger partial charge < -0.3 is 9.64 Å². The van der Waals surface area contributed by atoms with Crippen LogP contribution in [0.3, 0.4) is 0 Å². The number of aryl methyl sites for hydroxylation is 2. The summed E-state index contributed by atoms with van der Waals surface area (Å²) in [6, 6.07) is 13.8. The van der Waals surface area contributed by atoms with E-state index in [0.29, 0.717) is 24.6 Å². The van der Waals surface area contributed by atoms with Gasteiger partial charge >= 0.3 is 0 Å². The van der Waals surface area contributed by atoms with Crippen molar-refractivity contribution in [1.29, 1.82) is 0 Å². The third-order valence-electron chi connectivity index (χ3n) is 5.25. The monoisotopic (exact) mass is 417 g/mol. The minimum Gasteiger partial charge on any atom is -0.493 e. The summed E-state index contributed by atoms with van der Waals surface area (Å²) in [5.41, 5.74) is 2.92. The molecule has 158 valence electrons. The highest BCUT2D eigenvalue weighted by Gasteiger charge is 2.20. The molecule has 2 aromatic carbocycles. The summed E-state index contributed by atoms with van der Waals surface area (Å²) >= 11 is 0. The molecule has 0 radical (unpaired) electrons. The summed E-state index contributed by atoms with van der Waals surface area (Å²) in [4.78, 5) is 4.97. The lowest BCUT2D eigenvalue weighted by molar-refractivity contribution is 0.262. The minimum absolute atomic E-state index is 0.296. The quantitative estimate of drug-likeness (QED) is 0.716. The summed E-state index contributed by atoms with van der Waals surface area (Å²) in [6.45, 7) is 11.1. The molecule has 7 heteroatoms. The zero-order valence-corrected chi connectivity index (χ0v) is 18.3. The topological polar surface area (TPSA) is 61.9 Å². The van der Waals surface area contributed by atoms with E-state index in [0.717, 1.165) is 43.1 Å². The third kappa shape index (κ3) is 5.50. The fourth-order valence-corrected chi connectivity index (χ4v) is 4.92. The normalized spacial score (nSPS) is 15.5. The Morgan fingerprint density at radius 2 is 1.62 bits per heavy atom. The number of nitrogens with zero attached hydrogens (tertiary/aromatic N) is 2. The highest BCUT2D eigenvalue weighted by atomic mass is 32.2. The van der Waals surface area contributed by atoms with Crippen molar-refractivity contribution in [3.8, 4) is 5.75 Å². The van der Waals surface area contributed by atoms with Gasteiger partial charge in [0.15, 0.2) is 0 Å². The van der Waals surface area contributed by atoms with E-state index in [2.05, 4.69) is 38.8 Å². The van der Waals surface area contributed by atoms with Crippen LogP contribution in [0.25, 0.3) is 0 Å². The van der Waals surface area contributed by atoms with Crippen LogP contribution in [0.15, 0.2) is 47.4 Å². The van der Waals surface area contributed by atoms with Crippen LogP contribution in [0.5, 0.6) is 5.75 Å². The van der Waals surface area contributed by atoms with E-state index in [9.17, 15) is 8.42 Å². The van der Waals surface area contributed by atoms with Crippen molar-refractivity contribution in [1.82, 2.24) is 9.62 Å². The number of benzene rings is 2. The summed E-state index contributed by atoms with van der Waals surface area (Å²) in [5, 5.41) is 0. The van der Waals surface area contributed by atoms with E-state index in [-0.39, 0.29) is 0 Å². The van der Waals surface area contributed by atoms with Gasteiger partial charge in [-0.1, -0.05) is 18.2 Å². The Bertz CT molecular complexity index is 885. The van der Waals surface area contributed by atoms with Crippen molar-refractivity contribution in [3.05, 3.63) is 53.6 Å². The number of anilines is 1. The molecular weight excluding hydrogens is 386 g/mol. The predicted molar refractivity (Wildman–Crippen MR) is 117 cm³/mol. The van der Waals surface area contributed by atoms with E-state index < -0.39 is 10.0 Å². The summed E-state index contributed by atoms with van der Waals surface area (Å²) in [6.07, 6.45) is 0. The fourth-order valence-electron chi connectivity index (χ4n) is 3.73. The maximum Gasteiger partial charge on any atom is 0.240 e. The highest BCUT2D eigenvalue weighted by molar-refractivity contribution is 7.89. The minimum atomic E-state index is -3.53. The lowest BCUT2D eigenvalue weighted by Crippen LogP contribution is -2.48. The van der Waals surface area contributed by atoms with Gasteiger partial charge in [0.25, 0.3) is 0 Å². The fraction of sp³-hybridized carbons (Fsp3) is 0.455. The molecule has 29 heavy (non-hydrogen) atoms. The standard InChI is InChI=1S/C22H31N3O3S/c1-4-28-22-18(2)16-21(17-19(22)3)29(26,27)23-10-11-24-12-14-25(15-13-24)20-8-6-5-7-9-20/h5-9,16-17,23H,4,10-15H2,1-3H3. The molecule has 0 unspecified atom stereocenters. The number of ether oxygens (including phenoxy) is 1. The SMILES string of the molecule is CCOc1c(C)cc(S(=O)(=O)NCCN2CCN(c3ccccc3)CC2)cc1C. The lowest BCUT2D eigenvalue weighted by atomic mass is 10.1. The van der Waals surface area contributed by atoms with E-state index in [1.165, 1.54) is 5.69 Å². The third-order valence-corrected chi connectivity index (χ3v) is 6.69. The van der Waals surface area contributed by atoms with Crippen LogP contribution >= 0.6 is 0 Å². The number of sulfonamides is 1. The molecule has 0 aromatic heterocycles. The molecule has 2 aromatic rings. The molecule has 6 nitrogen and oxygen atoms in total. The number of hydrogen-bond donors (Lipinski definition) is 1. The Balaban J connectivity index is 1.51. The van der Waals surface area contributed by atoms with Gasteiger partial charge in [-0.25, -0.2) is 13.1 Å². The Morgan fingerprint density at radius 3 is 2.21 bits per heavy atom. The van der Waals surface area contributed by atoms with Crippen LogP contribution in [0, 0.1) is 13.8 Å². The molecular formula is C22H31N3O3S. The first-order chi connectivity index (χ1) is 13.9. The average Bonchev–Trinajstić information content (AvgIpc) is 2.71. The van der Waals surface area contributed by atoms with E-state index in [1.807, 2.05) is 26.8 Å². The van der Waals surface area contributed by atoms with Gasteiger partial charge in [-0.3, -0.25) is 4.90 Å². The smallest absolute Gasteiger partial charge is 0.240 e. The van der Waals surface area contributed by atoms with Gasteiger partial charge in [-0.2, -0.15) is 0 Å². The predicted octanol–water partition coefficient (Wildman–Crippen LogP) is 2.80. The molecule has 0 bridgehead atoms. The molecule has 1 heterocycles. The molecule has 0 amide bonds. The van der Waals surface area contributed by atoms with Crippen LogP contribution in [-0.2, 0) is 10.0 Å². The van der Waals surface area contributed by atoms with Crippen molar-refractivity contribution in [2.45, 2.75) is 25.7 Å². The maximum absolute atomic E-state index is 12.7. The van der Waals surface area contributed by atoms with E-state index in [4.69, 9.17) is 4.74 Å².